The van der Waals surface area contributed by atoms with Gasteiger partial charge in [-0.25, -0.2) is 9.59 Å². The Bertz CT molecular complexity index is 1180. The van der Waals surface area contributed by atoms with E-state index in [1.54, 1.807) is 24.3 Å². The summed E-state index contributed by atoms with van der Waals surface area (Å²) in [4.78, 5) is 23.0. The fourth-order valence-electron chi connectivity index (χ4n) is 4.33. The van der Waals surface area contributed by atoms with E-state index in [9.17, 15) is 19.8 Å². The first-order valence-corrected chi connectivity index (χ1v) is 10.6. The maximum absolute atomic E-state index is 11.5. The highest BCUT2D eigenvalue weighted by atomic mass is 16.4. The Balaban J connectivity index is 2.08. The van der Waals surface area contributed by atoms with E-state index in [1.807, 2.05) is 38.1 Å². The van der Waals surface area contributed by atoms with Crippen molar-refractivity contribution in [1.82, 2.24) is 0 Å². The predicted molar refractivity (Wildman–Crippen MR) is 128 cm³/mol. The van der Waals surface area contributed by atoms with Crippen LogP contribution in [-0.2, 0) is 5.41 Å². The highest BCUT2D eigenvalue weighted by Gasteiger charge is 2.38. The summed E-state index contributed by atoms with van der Waals surface area (Å²) in [5, 5.41) is 18.8. The van der Waals surface area contributed by atoms with Crippen LogP contribution < -0.4 is 0 Å². The zero-order valence-corrected chi connectivity index (χ0v) is 18.4. The molecule has 164 valence electrons. The van der Waals surface area contributed by atoms with E-state index in [4.69, 9.17) is 0 Å². The third-order valence-electron chi connectivity index (χ3n) is 6.10. The van der Waals surface area contributed by atoms with Crippen LogP contribution in [0.25, 0.3) is 0 Å². The van der Waals surface area contributed by atoms with Crippen LogP contribution in [0.3, 0.4) is 0 Å². The molecule has 4 heteroatoms. The highest BCUT2D eigenvalue weighted by Crippen LogP contribution is 2.45. The lowest BCUT2D eigenvalue weighted by molar-refractivity contribution is 0.0686. The van der Waals surface area contributed by atoms with E-state index in [2.05, 4.69) is 48.5 Å². The van der Waals surface area contributed by atoms with E-state index in [0.29, 0.717) is 0 Å². The Kier molecular flexibility index (Phi) is 5.84. The summed E-state index contributed by atoms with van der Waals surface area (Å²) in [6.07, 6.45) is 0. The van der Waals surface area contributed by atoms with E-state index < -0.39 is 17.4 Å². The van der Waals surface area contributed by atoms with Crippen molar-refractivity contribution in [1.29, 1.82) is 0 Å². The molecule has 0 aromatic heterocycles. The van der Waals surface area contributed by atoms with Gasteiger partial charge < -0.3 is 10.2 Å². The summed E-state index contributed by atoms with van der Waals surface area (Å²) in [5.74, 6) is -1.97. The molecule has 0 unspecified atom stereocenters. The van der Waals surface area contributed by atoms with Gasteiger partial charge in [0.15, 0.2) is 0 Å². The van der Waals surface area contributed by atoms with Crippen molar-refractivity contribution in [3.05, 3.63) is 142 Å². The second-order valence-corrected chi connectivity index (χ2v) is 8.25. The topological polar surface area (TPSA) is 74.6 Å². The molecule has 0 aliphatic heterocycles. The van der Waals surface area contributed by atoms with Crippen LogP contribution in [0.5, 0.6) is 0 Å². The summed E-state index contributed by atoms with van der Waals surface area (Å²) >= 11 is 0. The number of rotatable bonds is 6. The lowest BCUT2D eigenvalue weighted by atomic mass is 9.65. The van der Waals surface area contributed by atoms with Gasteiger partial charge in [-0.15, -0.1) is 0 Å². The van der Waals surface area contributed by atoms with E-state index in [-0.39, 0.29) is 11.1 Å². The lowest BCUT2D eigenvalue weighted by Crippen LogP contribution is -2.31. The van der Waals surface area contributed by atoms with Gasteiger partial charge in [0.05, 0.1) is 16.5 Å². The molecule has 4 aromatic carbocycles. The van der Waals surface area contributed by atoms with Gasteiger partial charge in [0, 0.05) is 0 Å². The van der Waals surface area contributed by atoms with Gasteiger partial charge in [0.25, 0.3) is 0 Å². The molecule has 4 rings (SSSR count). The molecule has 0 saturated carbocycles. The number of hydrogen-bond acceptors (Lipinski definition) is 2. The van der Waals surface area contributed by atoms with Gasteiger partial charge in [-0.05, 0) is 60.4 Å². The van der Waals surface area contributed by atoms with E-state index in [1.165, 1.54) is 0 Å². The quantitative estimate of drug-likeness (QED) is 0.359. The Labute approximate surface area is 192 Å². The van der Waals surface area contributed by atoms with Gasteiger partial charge in [-0.3, -0.25) is 0 Å². The summed E-state index contributed by atoms with van der Waals surface area (Å²) in [6.45, 7) is 4.06. The van der Waals surface area contributed by atoms with Crippen molar-refractivity contribution < 1.29 is 19.8 Å². The molecule has 33 heavy (non-hydrogen) atoms. The van der Waals surface area contributed by atoms with Crippen LogP contribution >= 0.6 is 0 Å². The first-order chi connectivity index (χ1) is 15.8. The molecule has 0 bridgehead atoms. The Morgan fingerprint density at radius 3 is 0.970 bits per heavy atom. The molecule has 0 aliphatic carbocycles. The van der Waals surface area contributed by atoms with Crippen LogP contribution in [0, 0.1) is 13.8 Å². The number of carboxylic acids is 2. The molecular weight excluding hydrogens is 412 g/mol. The molecule has 0 heterocycles. The van der Waals surface area contributed by atoms with Gasteiger partial charge in [0.1, 0.15) is 0 Å². The van der Waals surface area contributed by atoms with Gasteiger partial charge in [-0.1, -0.05) is 83.9 Å². The minimum atomic E-state index is -0.983. The zero-order valence-electron chi connectivity index (χ0n) is 18.4. The molecule has 0 aliphatic rings. The van der Waals surface area contributed by atoms with Crippen LogP contribution in [-0.4, -0.2) is 22.2 Å². The molecule has 0 atom stereocenters. The number of hydrogen-bond donors (Lipinski definition) is 2. The number of aryl methyl sites for hydroxylation is 2. The predicted octanol–water partition coefficient (Wildman–Crippen LogP) is 6.08. The SMILES string of the molecule is Cc1ccc(C(c2ccc(C)cc2)(c2ccc(C(=O)O)cc2)c2ccc(C(=O)O)cc2)cc1. The fourth-order valence-corrected chi connectivity index (χ4v) is 4.33. The van der Waals surface area contributed by atoms with Gasteiger partial charge in [0.2, 0.25) is 0 Å². The molecule has 0 saturated heterocycles. The minimum Gasteiger partial charge on any atom is -0.478 e. The van der Waals surface area contributed by atoms with Crippen LogP contribution in [0.4, 0.5) is 0 Å². The zero-order chi connectivity index (χ0) is 23.6. The first kappa shape index (κ1) is 22.0. The average Bonchev–Trinajstić information content (AvgIpc) is 2.82. The Morgan fingerprint density at radius 1 is 0.485 bits per heavy atom. The molecular formula is C29H24O4. The summed E-state index contributed by atoms with van der Waals surface area (Å²) in [6, 6.07) is 30.3. The highest BCUT2D eigenvalue weighted by molar-refractivity contribution is 5.88. The number of aromatic carboxylic acids is 2. The molecule has 4 aromatic rings. The molecule has 0 spiro atoms. The van der Waals surface area contributed by atoms with E-state index in [0.717, 1.165) is 33.4 Å². The molecule has 0 fully saturated rings. The lowest BCUT2D eigenvalue weighted by Gasteiger charge is -2.37. The Hall–Kier alpha value is -4.18. The van der Waals surface area contributed by atoms with Crippen LogP contribution in [0.15, 0.2) is 97.1 Å². The summed E-state index contributed by atoms with van der Waals surface area (Å²) in [5.41, 5.74) is 5.69. The number of carbonyl (C=O) groups is 2. The van der Waals surface area contributed by atoms with Crippen LogP contribution in [0.2, 0.25) is 0 Å². The first-order valence-electron chi connectivity index (χ1n) is 10.6. The van der Waals surface area contributed by atoms with E-state index >= 15 is 0 Å². The monoisotopic (exact) mass is 436 g/mol. The van der Waals surface area contributed by atoms with Crippen molar-refractivity contribution in [3.8, 4) is 0 Å². The van der Waals surface area contributed by atoms with Crippen molar-refractivity contribution in [2.75, 3.05) is 0 Å². The van der Waals surface area contributed by atoms with Crippen molar-refractivity contribution in [2.24, 2.45) is 0 Å². The molecule has 4 nitrogen and oxygen atoms in total. The molecule has 0 radical (unpaired) electrons. The molecule has 2 N–H and O–H groups in total. The second-order valence-electron chi connectivity index (χ2n) is 8.25. The van der Waals surface area contributed by atoms with Crippen molar-refractivity contribution in [2.45, 2.75) is 19.3 Å². The minimum absolute atomic E-state index is 0.210. The third kappa shape index (κ3) is 4.03. The van der Waals surface area contributed by atoms with Crippen molar-refractivity contribution in [3.63, 3.8) is 0 Å². The number of carboxylic acid groups (broad SMARTS) is 2. The van der Waals surface area contributed by atoms with Gasteiger partial charge >= 0.3 is 11.9 Å². The summed E-state index contributed by atoms with van der Waals surface area (Å²) in [7, 11) is 0. The average molecular weight is 437 g/mol. The maximum atomic E-state index is 11.5. The van der Waals surface area contributed by atoms with Crippen molar-refractivity contribution >= 4 is 11.9 Å². The number of benzene rings is 4. The smallest absolute Gasteiger partial charge is 0.335 e. The fraction of sp³-hybridized carbons (Fsp3) is 0.103. The third-order valence-corrected chi connectivity index (χ3v) is 6.10. The maximum Gasteiger partial charge on any atom is 0.335 e. The van der Waals surface area contributed by atoms with Crippen LogP contribution in [0.1, 0.15) is 54.1 Å². The normalized spacial score (nSPS) is 11.2. The molecule has 0 amide bonds. The summed E-state index contributed by atoms with van der Waals surface area (Å²) < 4.78 is 0. The largest absolute Gasteiger partial charge is 0.478 e. The standard InChI is InChI=1S/C29H24O4/c1-19-3-11-23(12-4-19)29(24-13-5-20(2)6-14-24,25-15-7-21(8-16-25)27(30)31)26-17-9-22(10-18-26)28(32)33/h3-18H,1-2H3,(H,30,31)(H,32,33). The van der Waals surface area contributed by atoms with Gasteiger partial charge in [-0.2, -0.15) is 0 Å². The second kappa shape index (κ2) is 8.75. The Morgan fingerprint density at radius 2 is 0.727 bits per heavy atom.